The Balaban J connectivity index is 2.11. The molecule has 0 spiro atoms. The number of halogens is 1. The Morgan fingerprint density at radius 3 is 3.00 bits per heavy atom. The fourth-order valence-corrected chi connectivity index (χ4v) is 2.86. The van der Waals surface area contributed by atoms with Crippen molar-refractivity contribution in [3.63, 3.8) is 0 Å². The molecule has 0 radical (unpaired) electrons. The van der Waals surface area contributed by atoms with Crippen LogP contribution in [0.4, 0.5) is 5.82 Å². The van der Waals surface area contributed by atoms with Crippen molar-refractivity contribution in [2.75, 3.05) is 5.32 Å². The molecule has 2 aromatic rings. The van der Waals surface area contributed by atoms with E-state index in [9.17, 15) is 4.79 Å². The van der Waals surface area contributed by atoms with Gasteiger partial charge in [0.1, 0.15) is 0 Å². The normalized spacial score (nSPS) is 10.5. The molecule has 0 atom stereocenters. The summed E-state index contributed by atoms with van der Waals surface area (Å²) in [5.41, 5.74) is -0.0781. The molecule has 4 nitrogen and oxygen atoms in total. The highest BCUT2D eigenvalue weighted by Gasteiger charge is 2.04. The van der Waals surface area contributed by atoms with Crippen molar-refractivity contribution in [1.29, 1.82) is 0 Å². The SMILES string of the molecule is CCn1ccnc(NCc2ccc(Br)s2)c1=O. The molecule has 0 aliphatic rings. The number of thiophene rings is 1. The lowest BCUT2D eigenvalue weighted by atomic mass is 10.4. The number of nitrogens with one attached hydrogen (secondary N) is 1. The minimum atomic E-state index is -0.0781. The smallest absolute Gasteiger partial charge is 0.293 e. The van der Waals surface area contributed by atoms with Crippen LogP contribution in [-0.2, 0) is 13.1 Å². The molecular formula is C11H12BrN3OS. The van der Waals surface area contributed by atoms with Crippen LogP contribution in [0.15, 0.2) is 33.1 Å². The molecule has 0 unspecified atom stereocenters. The summed E-state index contributed by atoms with van der Waals surface area (Å²) in [4.78, 5) is 17.1. The van der Waals surface area contributed by atoms with Gasteiger partial charge >= 0.3 is 0 Å². The van der Waals surface area contributed by atoms with Crippen molar-refractivity contribution in [3.05, 3.63) is 43.5 Å². The lowest BCUT2D eigenvalue weighted by Crippen LogP contribution is -2.23. The zero-order valence-corrected chi connectivity index (χ0v) is 11.7. The summed E-state index contributed by atoms with van der Waals surface area (Å²) < 4.78 is 2.71. The first-order valence-electron chi connectivity index (χ1n) is 5.24. The summed E-state index contributed by atoms with van der Waals surface area (Å²) in [5.74, 6) is 0.402. The Kier molecular flexibility index (Phi) is 3.96. The topological polar surface area (TPSA) is 46.9 Å². The summed E-state index contributed by atoms with van der Waals surface area (Å²) in [5, 5.41) is 3.06. The predicted molar refractivity (Wildman–Crippen MR) is 73.5 cm³/mol. The van der Waals surface area contributed by atoms with Crippen LogP contribution in [0.3, 0.4) is 0 Å². The van der Waals surface area contributed by atoms with Gasteiger partial charge in [-0.05, 0) is 35.0 Å². The van der Waals surface area contributed by atoms with Crippen LogP contribution >= 0.6 is 27.3 Å². The Hall–Kier alpha value is -1.14. The molecule has 0 bridgehead atoms. The molecular weight excluding hydrogens is 302 g/mol. The van der Waals surface area contributed by atoms with Gasteiger partial charge in [0.05, 0.1) is 10.3 Å². The number of aromatic nitrogens is 2. The molecule has 0 saturated carbocycles. The quantitative estimate of drug-likeness (QED) is 0.944. The number of rotatable bonds is 4. The van der Waals surface area contributed by atoms with Gasteiger partial charge in [0.15, 0.2) is 5.82 Å². The van der Waals surface area contributed by atoms with Crippen LogP contribution in [0.2, 0.25) is 0 Å². The number of hydrogen-bond donors (Lipinski definition) is 1. The Morgan fingerprint density at radius 2 is 2.35 bits per heavy atom. The highest BCUT2D eigenvalue weighted by atomic mass is 79.9. The summed E-state index contributed by atoms with van der Waals surface area (Å²) >= 11 is 5.05. The molecule has 90 valence electrons. The van der Waals surface area contributed by atoms with E-state index in [0.29, 0.717) is 18.9 Å². The van der Waals surface area contributed by atoms with E-state index in [1.54, 1.807) is 28.3 Å². The first kappa shape index (κ1) is 12.3. The standard InChI is InChI=1S/C11H12BrN3OS/c1-2-15-6-5-13-10(11(15)16)14-7-8-3-4-9(12)17-8/h3-6H,2,7H2,1H3,(H,13,14). The summed E-state index contributed by atoms with van der Waals surface area (Å²) in [6.07, 6.45) is 3.33. The average molecular weight is 314 g/mol. The third-order valence-electron chi connectivity index (χ3n) is 2.31. The van der Waals surface area contributed by atoms with Crippen molar-refractivity contribution in [2.45, 2.75) is 20.0 Å². The van der Waals surface area contributed by atoms with E-state index in [0.717, 1.165) is 8.66 Å². The van der Waals surface area contributed by atoms with E-state index >= 15 is 0 Å². The van der Waals surface area contributed by atoms with Crippen molar-refractivity contribution >= 4 is 33.1 Å². The largest absolute Gasteiger partial charge is 0.361 e. The van der Waals surface area contributed by atoms with Gasteiger partial charge in [0.2, 0.25) is 0 Å². The molecule has 0 saturated heterocycles. The van der Waals surface area contributed by atoms with Crippen LogP contribution in [-0.4, -0.2) is 9.55 Å². The molecule has 2 rings (SSSR count). The molecule has 0 amide bonds. The number of hydrogen-bond acceptors (Lipinski definition) is 4. The van der Waals surface area contributed by atoms with Crippen LogP contribution in [0.5, 0.6) is 0 Å². The van der Waals surface area contributed by atoms with Gasteiger partial charge in [-0.25, -0.2) is 4.98 Å². The van der Waals surface area contributed by atoms with E-state index in [1.165, 1.54) is 0 Å². The van der Waals surface area contributed by atoms with Crippen LogP contribution in [0.25, 0.3) is 0 Å². The van der Waals surface area contributed by atoms with Gasteiger partial charge in [-0.1, -0.05) is 0 Å². The first-order valence-corrected chi connectivity index (χ1v) is 6.85. The van der Waals surface area contributed by atoms with Gasteiger partial charge in [-0.15, -0.1) is 11.3 Å². The lowest BCUT2D eigenvalue weighted by molar-refractivity contribution is 0.718. The number of anilines is 1. The van der Waals surface area contributed by atoms with E-state index in [1.807, 2.05) is 19.1 Å². The molecule has 0 fully saturated rings. The summed E-state index contributed by atoms with van der Waals surface area (Å²) in [7, 11) is 0. The van der Waals surface area contributed by atoms with Crippen molar-refractivity contribution in [3.8, 4) is 0 Å². The number of aryl methyl sites for hydroxylation is 1. The zero-order chi connectivity index (χ0) is 12.3. The van der Waals surface area contributed by atoms with Crippen molar-refractivity contribution < 1.29 is 0 Å². The third-order valence-corrected chi connectivity index (χ3v) is 3.94. The fraction of sp³-hybridized carbons (Fsp3) is 0.273. The van der Waals surface area contributed by atoms with E-state index in [-0.39, 0.29) is 5.56 Å². The van der Waals surface area contributed by atoms with E-state index in [4.69, 9.17) is 0 Å². The van der Waals surface area contributed by atoms with Gasteiger partial charge < -0.3 is 9.88 Å². The monoisotopic (exact) mass is 313 g/mol. The molecule has 1 N–H and O–H groups in total. The third kappa shape index (κ3) is 2.95. The Labute approximate surface area is 111 Å². The van der Waals surface area contributed by atoms with Crippen LogP contribution in [0, 0.1) is 0 Å². The second-order valence-electron chi connectivity index (χ2n) is 3.43. The maximum Gasteiger partial charge on any atom is 0.293 e. The van der Waals surface area contributed by atoms with Crippen LogP contribution in [0.1, 0.15) is 11.8 Å². The molecule has 2 aromatic heterocycles. The minimum Gasteiger partial charge on any atom is -0.361 e. The lowest BCUT2D eigenvalue weighted by Gasteiger charge is -2.05. The van der Waals surface area contributed by atoms with Crippen molar-refractivity contribution in [1.82, 2.24) is 9.55 Å². The van der Waals surface area contributed by atoms with Gasteiger partial charge in [-0.3, -0.25) is 4.79 Å². The Bertz CT molecular complexity index is 564. The summed E-state index contributed by atoms with van der Waals surface area (Å²) in [6.45, 7) is 3.20. The zero-order valence-electron chi connectivity index (χ0n) is 9.31. The molecule has 0 aromatic carbocycles. The van der Waals surface area contributed by atoms with Crippen LogP contribution < -0.4 is 10.9 Å². The molecule has 0 aliphatic carbocycles. The van der Waals surface area contributed by atoms with E-state index in [2.05, 4.69) is 26.2 Å². The van der Waals surface area contributed by atoms with Gasteiger partial charge in [-0.2, -0.15) is 0 Å². The predicted octanol–water partition coefficient (Wildman–Crippen LogP) is 2.70. The van der Waals surface area contributed by atoms with Gasteiger partial charge in [0.25, 0.3) is 5.56 Å². The average Bonchev–Trinajstić information content (AvgIpc) is 2.74. The fourth-order valence-electron chi connectivity index (χ4n) is 1.44. The highest BCUT2D eigenvalue weighted by molar-refractivity contribution is 9.11. The highest BCUT2D eigenvalue weighted by Crippen LogP contribution is 2.22. The maximum atomic E-state index is 11.9. The second-order valence-corrected chi connectivity index (χ2v) is 5.97. The second kappa shape index (κ2) is 5.46. The molecule has 0 aliphatic heterocycles. The minimum absolute atomic E-state index is 0.0781. The van der Waals surface area contributed by atoms with Gasteiger partial charge in [0, 0.05) is 23.8 Å². The molecule has 17 heavy (non-hydrogen) atoms. The first-order chi connectivity index (χ1) is 8.20. The maximum absolute atomic E-state index is 11.9. The molecule has 2 heterocycles. The molecule has 6 heteroatoms. The summed E-state index contributed by atoms with van der Waals surface area (Å²) in [6, 6.07) is 4.01. The van der Waals surface area contributed by atoms with Crippen molar-refractivity contribution in [2.24, 2.45) is 0 Å². The number of nitrogens with zero attached hydrogens (tertiary/aromatic N) is 2. The van der Waals surface area contributed by atoms with E-state index < -0.39 is 0 Å². The Morgan fingerprint density at radius 1 is 1.53 bits per heavy atom.